The average molecular weight is 1990 g/mol. The fourth-order valence-electron chi connectivity index (χ4n) is 20.7. The zero-order valence-electron chi connectivity index (χ0n) is 77.7. The number of pyridine rings is 4. The van der Waals surface area contributed by atoms with Crippen LogP contribution >= 0.6 is 0 Å². The normalized spacial score (nSPS) is 21.5. The van der Waals surface area contributed by atoms with Crippen LogP contribution in [0.4, 0.5) is 22.2 Å². The van der Waals surface area contributed by atoms with Crippen molar-refractivity contribution in [1.82, 2.24) is 71.0 Å². The molecule has 20 heterocycles. The molecular formula is C106H109N19O21. The predicted molar refractivity (Wildman–Crippen MR) is 537 cm³/mol. The topological polar surface area (TPSA) is 497 Å². The molecule has 7 N–H and O–H groups in total. The molecule has 754 valence electrons. The molecule has 12 aliphatic rings. The Morgan fingerprint density at radius 2 is 0.884 bits per heavy atom. The van der Waals surface area contributed by atoms with Crippen LogP contribution in [-0.4, -0.2) is 234 Å². The summed E-state index contributed by atoms with van der Waals surface area (Å²) in [6.07, 6.45) is 12.2. The summed E-state index contributed by atoms with van der Waals surface area (Å²) in [5, 5.41) is 12.8. The molecule has 14 amide bonds. The summed E-state index contributed by atoms with van der Waals surface area (Å²) in [4.78, 5) is 206. The fraction of sp³-hybridized carbons (Fsp3) is 0.330. The van der Waals surface area contributed by atoms with E-state index in [0.29, 0.717) is 158 Å². The van der Waals surface area contributed by atoms with E-state index in [1.807, 2.05) is 61.7 Å². The van der Waals surface area contributed by atoms with Crippen molar-refractivity contribution in [2.45, 2.75) is 142 Å². The second-order valence-corrected chi connectivity index (χ2v) is 37.1. The molecule has 6 fully saturated rings. The molecule has 6 saturated heterocycles. The molecule has 0 aliphatic carbocycles. The van der Waals surface area contributed by atoms with E-state index in [9.17, 15) is 62.3 Å². The number of furan rings is 4. The van der Waals surface area contributed by atoms with Gasteiger partial charge in [-0.1, -0.05) is 60.0 Å². The van der Waals surface area contributed by atoms with Gasteiger partial charge in [-0.05, 0) is 166 Å². The summed E-state index contributed by atoms with van der Waals surface area (Å²) in [5.41, 5.74) is 11.5. The van der Waals surface area contributed by atoms with Crippen molar-refractivity contribution < 1.29 is 98.9 Å². The van der Waals surface area contributed by atoms with E-state index in [1.54, 1.807) is 136 Å². The maximum Gasteiger partial charge on any atom is 0.322 e. The number of anilines is 3. The number of benzene rings is 4. The Labute approximate surface area is 837 Å². The van der Waals surface area contributed by atoms with Gasteiger partial charge in [-0.25, -0.2) is 19.7 Å². The predicted octanol–water partition coefficient (Wildman–Crippen LogP) is 10.8. The molecule has 4 aromatic carbocycles. The number of amides is 14. The first-order valence-electron chi connectivity index (χ1n) is 46.1. The van der Waals surface area contributed by atoms with Gasteiger partial charge in [0.1, 0.15) is 102 Å². The van der Waals surface area contributed by atoms with Gasteiger partial charge in [0.2, 0.25) is 41.4 Å². The molecule has 0 saturated carbocycles. The minimum atomic E-state index is -1.58. The maximum atomic E-state index is 13.4. The van der Waals surface area contributed by atoms with Gasteiger partial charge in [0, 0.05) is 140 Å². The van der Waals surface area contributed by atoms with Crippen molar-refractivity contribution in [3.05, 3.63) is 237 Å². The summed E-state index contributed by atoms with van der Waals surface area (Å²) in [6, 6.07) is 39.8. The SMILES string of the molecule is C.C.C.C.COc1ccc2c(c1)C(=O)N(C[C@@]1(c3cc4cnc(C5=CCN=C5)cc4o3)NC(=O)NC1=O)C2.COc1ccc2c(c1)C(=O)N(C[C@@]1(c3cc4nc(N(C5=CCN=C5)C5CCN(C)CC5)ccc4o3)CC(=O)NC1=O)C2.COc1ccc2c(c1)C(=O)N(C[C@@]1(c3cc4nc(N)ccc4o3)CC(=O)NC1=O)C2.COc1ccc2c(c1)C(=O)N(C[C@@]1(c3cc4nc(N5C(=O)CCC5C)ccc4o3)CC(=O)NC1=O)C2. The van der Waals surface area contributed by atoms with Gasteiger partial charge < -0.3 is 77.1 Å². The minimum absolute atomic E-state index is 0. The monoisotopic (exact) mass is 1980 g/mol. The number of hydrogen-bond donors (Lipinski definition) is 6. The third-order valence-corrected chi connectivity index (χ3v) is 28.2. The van der Waals surface area contributed by atoms with Crippen molar-refractivity contribution in [1.29, 1.82) is 0 Å². The van der Waals surface area contributed by atoms with Crippen molar-refractivity contribution in [2.24, 2.45) is 9.98 Å². The van der Waals surface area contributed by atoms with Crippen LogP contribution in [0.1, 0.15) is 174 Å². The number of aliphatic imine (C=N–C) groups is 2. The van der Waals surface area contributed by atoms with Gasteiger partial charge in [-0.15, -0.1) is 0 Å². The number of hydrogen-bond acceptors (Lipinski definition) is 30. The zero-order valence-corrected chi connectivity index (χ0v) is 77.7. The number of fused-ring (bicyclic) bond motifs is 8. The molecule has 40 heteroatoms. The number of urea groups is 1. The Morgan fingerprint density at radius 3 is 1.29 bits per heavy atom. The molecule has 8 aromatic heterocycles. The number of piperidine rings is 1. The van der Waals surface area contributed by atoms with E-state index >= 15 is 0 Å². The summed E-state index contributed by atoms with van der Waals surface area (Å²) in [6.45, 7) is 6.34. The molecule has 1 unspecified atom stereocenters. The van der Waals surface area contributed by atoms with E-state index in [4.69, 9.17) is 47.3 Å². The van der Waals surface area contributed by atoms with Crippen molar-refractivity contribution in [2.75, 3.05) is 103 Å². The van der Waals surface area contributed by atoms with Crippen LogP contribution < -0.4 is 61.1 Å². The molecule has 40 nitrogen and oxygen atoms in total. The number of imide groups is 4. The van der Waals surface area contributed by atoms with E-state index in [-0.39, 0.29) is 134 Å². The van der Waals surface area contributed by atoms with Crippen LogP contribution in [0.3, 0.4) is 0 Å². The lowest BCUT2D eigenvalue weighted by molar-refractivity contribution is -0.128. The molecule has 0 radical (unpaired) electrons. The first-order chi connectivity index (χ1) is 68.5. The van der Waals surface area contributed by atoms with E-state index in [0.717, 1.165) is 71.7 Å². The highest BCUT2D eigenvalue weighted by Gasteiger charge is 2.58. The molecule has 12 aromatic rings. The summed E-state index contributed by atoms with van der Waals surface area (Å²) in [5.74, 6) is 0.725. The maximum absolute atomic E-state index is 13.4. The number of carbonyl (C=O) groups excluding carboxylic acids is 13. The Morgan fingerprint density at radius 1 is 0.452 bits per heavy atom. The lowest BCUT2D eigenvalue weighted by Gasteiger charge is -2.38. The number of nitrogens with zero attached hydrogens (tertiary/aromatic N) is 13. The molecular weight excluding hydrogens is 1880 g/mol. The second kappa shape index (κ2) is 39.3. The molecule has 146 heavy (non-hydrogen) atoms. The van der Waals surface area contributed by atoms with E-state index in [1.165, 1.54) is 26.2 Å². The van der Waals surface area contributed by atoms with Crippen molar-refractivity contribution in [3.63, 3.8) is 0 Å². The fourth-order valence-corrected chi connectivity index (χ4v) is 20.7. The van der Waals surface area contributed by atoms with Crippen molar-refractivity contribution >= 4 is 157 Å². The number of nitrogens with one attached hydrogen (secondary N) is 5. The third-order valence-electron chi connectivity index (χ3n) is 28.2. The number of rotatable bonds is 21. The number of ether oxygens (including phenoxy) is 4. The van der Waals surface area contributed by atoms with Gasteiger partial charge in [0.05, 0.1) is 78.7 Å². The summed E-state index contributed by atoms with van der Waals surface area (Å²) in [7, 11) is 8.28. The van der Waals surface area contributed by atoms with Crippen LogP contribution in [0.25, 0.3) is 49.8 Å². The summed E-state index contributed by atoms with van der Waals surface area (Å²) >= 11 is 0. The molecule has 5 atom stereocenters. The van der Waals surface area contributed by atoms with E-state index in [2.05, 4.69) is 74.4 Å². The first-order valence-corrected chi connectivity index (χ1v) is 46.1. The minimum Gasteiger partial charge on any atom is -0.497 e. The Hall–Kier alpha value is -17.1. The van der Waals surface area contributed by atoms with Crippen LogP contribution in [-0.2, 0) is 86.3 Å². The lowest BCUT2D eigenvalue weighted by atomic mass is 9.82. The van der Waals surface area contributed by atoms with Crippen LogP contribution in [0.2, 0.25) is 0 Å². The first kappa shape index (κ1) is 100. The van der Waals surface area contributed by atoms with Crippen LogP contribution in [0, 0.1) is 0 Å². The Bertz CT molecular complexity index is 7570. The third kappa shape index (κ3) is 17.8. The molecule has 0 bridgehead atoms. The summed E-state index contributed by atoms with van der Waals surface area (Å²) < 4.78 is 45.3. The molecule has 12 aliphatic heterocycles. The quantitative estimate of drug-likeness (QED) is 0.0287. The van der Waals surface area contributed by atoms with Crippen LogP contribution in [0.5, 0.6) is 23.0 Å². The highest BCUT2D eigenvalue weighted by molar-refractivity contribution is 6.15. The lowest BCUT2D eigenvalue weighted by Crippen LogP contribution is -2.52. The van der Waals surface area contributed by atoms with Crippen LogP contribution in [0.15, 0.2) is 191 Å². The molecule has 24 rings (SSSR count). The van der Waals surface area contributed by atoms with E-state index < -0.39 is 69.2 Å². The number of carbonyl (C=O) groups is 13. The van der Waals surface area contributed by atoms with Gasteiger partial charge in [0.15, 0.2) is 22.3 Å². The number of nitrogen functional groups attached to an aromatic ring is 1. The highest BCUT2D eigenvalue weighted by atomic mass is 16.5. The van der Waals surface area contributed by atoms with Gasteiger partial charge in [-0.2, -0.15) is 0 Å². The Kier molecular flexibility index (Phi) is 27.1. The molecule has 0 spiro atoms. The largest absolute Gasteiger partial charge is 0.497 e. The average Bonchev–Trinajstić information content (AvgIpc) is 1.59. The number of allylic oxidation sites excluding steroid dienone is 2. The smallest absolute Gasteiger partial charge is 0.322 e. The van der Waals surface area contributed by atoms with Gasteiger partial charge in [0.25, 0.3) is 29.5 Å². The zero-order chi connectivity index (χ0) is 98.7. The van der Waals surface area contributed by atoms with Crippen molar-refractivity contribution in [3.8, 4) is 23.0 Å². The van der Waals surface area contributed by atoms with Gasteiger partial charge >= 0.3 is 6.03 Å². The Balaban J connectivity index is 0.000000133. The standard InChI is InChI=1S/C31H32N6O5.C26H24N4O6.C24H19N5O5.C21H18N4O5.4CH4/c1-35-11-8-20(9-12-35)37(21-7-10-32-16-21)27-6-5-25-24(33-27)14-26(42-25)31(15-28(38)34-30(31)40)18-36-17-19-3-4-22(41-2)13-23(19)29(36)39;1-14-3-8-23(32)30(14)21-7-6-19-18(27-21)10-20(36-19)26(11-22(31)28-25(26)34)13-29-12-15-4-5-16(35-2)9-17(15)24(29)33;1-33-16-3-2-14-11-29(21(30)17(14)7-16)12-24(22(31)27-23(32)28-24)20-6-15-10-26-18(8-19(15)34-20)13-4-5-25-9-13;1-29-12-3-2-11-9-25(19(27)13(11)6-12)10-21(8-18(26)24-20(21)28)16-7-14-15(30-16)4-5-17(22)23-14;;;;/h3-7,13-14,16,20H,8-12,15,17-18H2,1-2H3,(H,34,38,40);4-7,9-10,14H,3,8,11-13H2,1-2H3,(H,28,31,34);2-4,6-10H,5,11-12H2,1H3,(H2,27,28,31,32);2-7H,8-10H2,1H3,(H2,22,23)(H,24,26,28);4*1H4/t31-;14?,26-;24-;21-;;;;/m1101..../s1. The number of likely N-dealkylation sites (tertiary alicyclic amines) is 1. The second-order valence-electron chi connectivity index (χ2n) is 37.1. The number of nitrogens with two attached hydrogens (primary N) is 1. The van der Waals surface area contributed by atoms with Gasteiger partial charge in [-0.3, -0.25) is 98.7 Å². The number of methoxy groups -OCH3 is 4. The highest BCUT2D eigenvalue weighted by Crippen LogP contribution is 2.46. The number of aromatic nitrogens is 4.